The number of amides is 1. The van der Waals surface area contributed by atoms with Crippen molar-refractivity contribution in [1.29, 1.82) is 0 Å². The number of anilines is 1. The molecule has 1 amide bonds. The van der Waals surface area contributed by atoms with Crippen molar-refractivity contribution in [3.63, 3.8) is 0 Å². The number of hydrogen-bond acceptors (Lipinski definition) is 5. The molecule has 0 radical (unpaired) electrons. The van der Waals surface area contributed by atoms with E-state index in [2.05, 4.69) is 10.6 Å². The molecule has 0 atom stereocenters. The molecule has 0 aliphatic heterocycles. The van der Waals surface area contributed by atoms with E-state index in [0.717, 1.165) is 5.56 Å². The van der Waals surface area contributed by atoms with Crippen molar-refractivity contribution in [1.82, 2.24) is 5.32 Å². The highest BCUT2D eigenvalue weighted by atomic mass is 16.6. The number of benzene rings is 1. The van der Waals surface area contributed by atoms with Gasteiger partial charge in [-0.05, 0) is 18.2 Å². The fourth-order valence-corrected chi connectivity index (χ4v) is 1.71. The van der Waals surface area contributed by atoms with Crippen LogP contribution in [-0.4, -0.2) is 17.9 Å². The summed E-state index contributed by atoms with van der Waals surface area (Å²) in [7, 11) is 1.58. The van der Waals surface area contributed by atoms with Crippen LogP contribution in [0.2, 0.25) is 0 Å². The van der Waals surface area contributed by atoms with Crippen molar-refractivity contribution in [2.24, 2.45) is 0 Å². The molecule has 0 aliphatic carbocycles. The Hall–Kier alpha value is -2.83. The molecule has 0 spiro atoms. The predicted octanol–water partition coefficient (Wildman–Crippen LogP) is 2.16. The zero-order valence-corrected chi connectivity index (χ0v) is 10.8. The summed E-state index contributed by atoms with van der Waals surface area (Å²) in [6.45, 7) is 0.302. The minimum Gasteiger partial charge on any atom is -0.472 e. The average Bonchev–Trinajstić information content (AvgIpc) is 2.97. The second-order valence-corrected chi connectivity index (χ2v) is 4.05. The first-order valence-electron chi connectivity index (χ1n) is 5.87. The lowest BCUT2D eigenvalue weighted by Gasteiger charge is -2.06. The maximum absolute atomic E-state index is 11.9. The minimum atomic E-state index is -0.529. The van der Waals surface area contributed by atoms with Crippen molar-refractivity contribution in [3.8, 4) is 0 Å². The van der Waals surface area contributed by atoms with Gasteiger partial charge in [-0.1, -0.05) is 0 Å². The quantitative estimate of drug-likeness (QED) is 0.643. The first-order valence-corrected chi connectivity index (χ1v) is 5.87. The molecule has 2 N–H and O–H groups in total. The van der Waals surface area contributed by atoms with Crippen LogP contribution in [0, 0.1) is 10.1 Å². The molecule has 1 heterocycles. The molecule has 20 heavy (non-hydrogen) atoms. The smallest absolute Gasteiger partial charge is 0.293 e. The van der Waals surface area contributed by atoms with Gasteiger partial charge in [0.25, 0.3) is 11.6 Å². The van der Waals surface area contributed by atoms with E-state index in [-0.39, 0.29) is 17.2 Å². The van der Waals surface area contributed by atoms with Crippen molar-refractivity contribution < 1.29 is 14.1 Å². The summed E-state index contributed by atoms with van der Waals surface area (Å²) in [5.41, 5.74) is 1.28. The van der Waals surface area contributed by atoms with Crippen molar-refractivity contribution in [2.45, 2.75) is 6.54 Å². The number of furan rings is 1. The Morgan fingerprint density at radius 3 is 2.80 bits per heavy atom. The monoisotopic (exact) mass is 275 g/mol. The molecular weight excluding hydrogens is 262 g/mol. The first-order chi connectivity index (χ1) is 9.61. The second kappa shape index (κ2) is 5.87. The van der Waals surface area contributed by atoms with E-state index in [0.29, 0.717) is 12.2 Å². The number of nitrogens with zero attached hydrogens (tertiary/aromatic N) is 1. The molecule has 2 aromatic rings. The Morgan fingerprint density at radius 1 is 1.40 bits per heavy atom. The Morgan fingerprint density at radius 2 is 2.20 bits per heavy atom. The Labute approximate surface area is 114 Å². The van der Waals surface area contributed by atoms with Gasteiger partial charge in [-0.3, -0.25) is 14.9 Å². The van der Waals surface area contributed by atoms with E-state index in [1.165, 1.54) is 30.7 Å². The summed E-state index contributed by atoms with van der Waals surface area (Å²) >= 11 is 0. The molecule has 0 saturated carbocycles. The summed E-state index contributed by atoms with van der Waals surface area (Å²) in [5.74, 6) is -0.378. The third-order valence-electron chi connectivity index (χ3n) is 2.76. The largest absolute Gasteiger partial charge is 0.472 e. The van der Waals surface area contributed by atoms with Gasteiger partial charge < -0.3 is 15.1 Å². The normalized spacial score (nSPS) is 10.1. The number of nitro benzene ring substituents is 1. The van der Waals surface area contributed by atoms with Crippen LogP contribution in [0.25, 0.3) is 0 Å². The third kappa shape index (κ3) is 2.94. The number of nitrogens with one attached hydrogen (secondary N) is 2. The fourth-order valence-electron chi connectivity index (χ4n) is 1.71. The molecule has 104 valence electrons. The maximum Gasteiger partial charge on any atom is 0.293 e. The predicted molar refractivity (Wildman–Crippen MR) is 72.5 cm³/mol. The lowest BCUT2D eigenvalue weighted by molar-refractivity contribution is -0.384. The van der Waals surface area contributed by atoms with Crippen LogP contribution < -0.4 is 10.6 Å². The molecular formula is C13H13N3O4. The van der Waals surface area contributed by atoms with E-state index in [1.54, 1.807) is 13.1 Å². The Kier molecular flexibility index (Phi) is 3.99. The first kappa shape index (κ1) is 13.6. The van der Waals surface area contributed by atoms with Gasteiger partial charge in [0.15, 0.2) is 0 Å². The summed E-state index contributed by atoms with van der Waals surface area (Å²) in [6, 6.07) is 6.01. The molecule has 7 nitrogen and oxygen atoms in total. The van der Waals surface area contributed by atoms with Crippen molar-refractivity contribution in [3.05, 3.63) is 58.0 Å². The topological polar surface area (TPSA) is 97.4 Å². The summed E-state index contributed by atoms with van der Waals surface area (Å²) in [6.07, 6.45) is 3.03. The summed E-state index contributed by atoms with van der Waals surface area (Å²) < 4.78 is 4.88. The maximum atomic E-state index is 11.9. The minimum absolute atomic E-state index is 0.136. The SMILES string of the molecule is CNc1ccc(C(=O)NCc2ccoc2)cc1[N+](=O)[O-]. The molecule has 0 fully saturated rings. The summed E-state index contributed by atoms with van der Waals surface area (Å²) in [4.78, 5) is 22.3. The number of rotatable bonds is 5. The van der Waals surface area contributed by atoms with Crippen LogP contribution in [0.3, 0.4) is 0 Å². The second-order valence-electron chi connectivity index (χ2n) is 4.05. The average molecular weight is 275 g/mol. The van der Waals surface area contributed by atoms with Gasteiger partial charge in [-0.25, -0.2) is 0 Å². The molecule has 0 unspecified atom stereocenters. The van der Waals surface area contributed by atoms with Crippen LogP contribution in [0.15, 0.2) is 41.2 Å². The number of nitro groups is 1. The van der Waals surface area contributed by atoms with E-state index >= 15 is 0 Å². The number of carbonyl (C=O) groups is 1. The molecule has 2 rings (SSSR count). The lowest BCUT2D eigenvalue weighted by atomic mass is 10.1. The Bertz CT molecular complexity index is 623. The highest BCUT2D eigenvalue weighted by Gasteiger charge is 2.16. The molecule has 7 heteroatoms. The molecule has 0 bridgehead atoms. The van der Waals surface area contributed by atoms with E-state index in [1.807, 2.05) is 0 Å². The standard InChI is InChI=1S/C13H13N3O4/c1-14-11-3-2-10(6-12(11)16(18)19)13(17)15-7-9-4-5-20-8-9/h2-6,8,14H,7H2,1H3,(H,15,17). The molecule has 1 aromatic carbocycles. The van der Waals surface area contributed by atoms with Gasteiger partial charge in [0.1, 0.15) is 5.69 Å². The highest BCUT2D eigenvalue weighted by Crippen LogP contribution is 2.24. The van der Waals surface area contributed by atoms with Gasteiger partial charge in [0, 0.05) is 30.8 Å². The number of carbonyl (C=O) groups excluding carboxylic acids is 1. The zero-order valence-electron chi connectivity index (χ0n) is 10.8. The van der Waals surface area contributed by atoms with E-state index in [9.17, 15) is 14.9 Å². The van der Waals surface area contributed by atoms with Crippen LogP contribution in [0.1, 0.15) is 15.9 Å². The molecule has 0 aliphatic rings. The van der Waals surface area contributed by atoms with Crippen LogP contribution >= 0.6 is 0 Å². The van der Waals surface area contributed by atoms with Gasteiger partial charge >= 0.3 is 0 Å². The lowest BCUT2D eigenvalue weighted by Crippen LogP contribution is -2.22. The van der Waals surface area contributed by atoms with Gasteiger partial charge in [-0.2, -0.15) is 0 Å². The van der Waals surface area contributed by atoms with E-state index < -0.39 is 4.92 Å². The zero-order chi connectivity index (χ0) is 14.5. The number of hydrogen-bond donors (Lipinski definition) is 2. The van der Waals surface area contributed by atoms with Crippen LogP contribution in [0.4, 0.5) is 11.4 Å². The van der Waals surface area contributed by atoms with Gasteiger partial charge in [-0.15, -0.1) is 0 Å². The van der Waals surface area contributed by atoms with Crippen LogP contribution in [0.5, 0.6) is 0 Å². The van der Waals surface area contributed by atoms with Gasteiger partial charge in [0.05, 0.1) is 17.4 Å². The molecule has 1 aromatic heterocycles. The van der Waals surface area contributed by atoms with E-state index in [4.69, 9.17) is 4.42 Å². The molecule has 0 saturated heterocycles. The third-order valence-corrected chi connectivity index (χ3v) is 2.76. The van der Waals surface area contributed by atoms with Crippen molar-refractivity contribution >= 4 is 17.3 Å². The van der Waals surface area contributed by atoms with Crippen LogP contribution in [-0.2, 0) is 6.54 Å². The fraction of sp³-hybridized carbons (Fsp3) is 0.154. The van der Waals surface area contributed by atoms with Gasteiger partial charge in [0.2, 0.25) is 0 Å². The highest BCUT2D eigenvalue weighted by molar-refractivity contribution is 5.95. The van der Waals surface area contributed by atoms with Crippen molar-refractivity contribution in [2.75, 3.05) is 12.4 Å². The Balaban J connectivity index is 2.13. The summed E-state index contributed by atoms with van der Waals surface area (Å²) in [5, 5.41) is 16.3.